The molecular formula is C15H20BrN3O3S. The van der Waals surface area contributed by atoms with Gasteiger partial charge in [-0.3, -0.25) is 25.8 Å². The van der Waals surface area contributed by atoms with E-state index < -0.39 is 0 Å². The predicted octanol–water partition coefficient (Wildman–Crippen LogP) is 2.67. The van der Waals surface area contributed by atoms with E-state index in [2.05, 4.69) is 32.1 Å². The van der Waals surface area contributed by atoms with Gasteiger partial charge in [0.05, 0.1) is 11.1 Å². The van der Waals surface area contributed by atoms with Crippen molar-refractivity contribution in [1.29, 1.82) is 0 Å². The van der Waals surface area contributed by atoms with Crippen LogP contribution in [0.25, 0.3) is 0 Å². The van der Waals surface area contributed by atoms with E-state index >= 15 is 0 Å². The van der Waals surface area contributed by atoms with E-state index in [1.54, 1.807) is 18.2 Å². The maximum absolute atomic E-state index is 12.1. The molecule has 0 unspecified atom stereocenters. The Morgan fingerprint density at radius 2 is 1.96 bits per heavy atom. The Morgan fingerprint density at radius 3 is 2.57 bits per heavy atom. The third-order valence-corrected chi connectivity index (χ3v) is 3.50. The zero-order valence-electron chi connectivity index (χ0n) is 13.1. The van der Waals surface area contributed by atoms with Crippen LogP contribution in [0.15, 0.2) is 22.7 Å². The molecule has 0 saturated carbocycles. The lowest BCUT2D eigenvalue weighted by molar-refractivity contribution is -0.121. The summed E-state index contributed by atoms with van der Waals surface area (Å²) in [6.07, 6.45) is 2.02. The number of carbonyl (C=O) groups excluding carboxylic acids is 2. The predicted molar refractivity (Wildman–Crippen MR) is 96.2 cm³/mol. The summed E-state index contributed by atoms with van der Waals surface area (Å²) in [5, 5.41) is 2.52. The highest BCUT2D eigenvalue weighted by molar-refractivity contribution is 9.10. The van der Waals surface area contributed by atoms with Crippen molar-refractivity contribution in [2.45, 2.75) is 33.1 Å². The van der Waals surface area contributed by atoms with Gasteiger partial charge in [0.1, 0.15) is 5.75 Å². The van der Waals surface area contributed by atoms with Crippen LogP contribution in [0.4, 0.5) is 0 Å². The van der Waals surface area contributed by atoms with Crippen molar-refractivity contribution in [3.8, 4) is 5.75 Å². The maximum Gasteiger partial charge on any atom is 0.257 e. The number of nitrogens with one attached hydrogen (secondary N) is 3. The average Bonchev–Trinajstić information content (AvgIpc) is 2.52. The summed E-state index contributed by atoms with van der Waals surface area (Å²) >= 11 is 8.32. The normalized spacial score (nSPS) is 9.87. The first-order chi connectivity index (χ1) is 11.0. The molecule has 0 aliphatic heterocycles. The molecule has 0 bridgehead atoms. The molecule has 0 aliphatic carbocycles. The number of thiocarbonyl (C=S) groups is 1. The van der Waals surface area contributed by atoms with E-state index in [1.807, 2.05) is 13.8 Å². The standard InChI is InChI=1S/C15H20BrN3O3S/c1-3-5-13(20)18-19-15(23)17-14(21)10-6-7-12(11(16)9-10)22-8-4-2/h6-7,9H,3-5,8H2,1-2H3,(H,18,20)(H2,17,19,21,23). The van der Waals surface area contributed by atoms with Crippen LogP contribution in [0.2, 0.25) is 0 Å². The molecule has 3 N–H and O–H groups in total. The topological polar surface area (TPSA) is 79.5 Å². The molecule has 2 amide bonds. The quantitative estimate of drug-likeness (QED) is 0.504. The monoisotopic (exact) mass is 401 g/mol. The lowest BCUT2D eigenvalue weighted by Gasteiger charge is -2.11. The Morgan fingerprint density at radius 1 is 1.22 bits per heavy atom. The lowest BCUT2D eigenvalue weighted by Crippen LogP contribution is -2.48. The number of hydrogen-bond acceptors (Lipinski definition) is 4. The summed E-state index contributed by atoms with van der Waals surface area (Å²) in [4.78, 5) is 23.4. The van der Waals surface area contributed by atoms with Crippen LogP contribution in [0.5, 0.6) is 5.75 Å². The van der Waals surface area contributed by atoms with Gasteiger partial charge in [0.2, 0.25) is 5.91 Å². The van der Waals surface area contributed by atoms with Crippen LogP contribution in [0, 0.1) is 0 Å². The second-order valence-corrected chi connectivity index (χ2v) is 5.96. The van der Waals surface area contributed by atoms with Gasteiger partial charge in [0.15, 0.2) is 5.11 Å². The number of rotatable bonds is 6. The average molecular weight is 402 g/mol. The molecule has 23 heavy (non-hydrogen) atoms. The second-order valence-electron chi connectivity index (χ2n) is 4.70. The molecule has 0 heterocycles. The van der Waals surface area contributed by atoms with Gasteiger partial charge in [-0.2, -0.15) is 0 Å². The van der Waals surface area contributed by atoms with Crippen molar-refractivity contribution in [3.63, 3.8) is 0 Å². The van der Waals surface area contributed by atoms with Crippen LogP contribution < -0.4 is 20.9 Å². The first-order valence-corrected chi connectivity index (χ1v) is 8.50. The van der Waals surface area contributed by atoms with Crippen molar-refractivity contribution in [3.05, 3.63) is 28.2 Å². The number of halogens is 1. The summed E-state index contributed by atoms with van der Waals surface area (Å²) in [5.74, 6) is 0.107. The Kier molecular flexibility index (Phi) is 8.57. The molecule has 0 saturated heterocycles. The molecule has 0 radical (unpaired) electrons. The zero-order valence-corrected chi connectivity index (χ0v) is 15.5. The van der Waals surface area contributed by atoms with Crippen molar-refractivity contribution < 1.29 is 14.3 Å². The fourth-order valence-corrected chi connectivity index (χ4v) is 2.23. The van der Waals surface area contributed by atoms with E-state index in [0.717, 1.165) is 12.8 Å². The minimum atomic E-state index is -0.380. The molecule has 1 aromatic rings. The largest absolute Gasteiger partial charge is 0.492 e. The highest BCUT2D eigenvalue weighted by Crippen LogP contribution is 2.26. The van der Waals surface area contributed by atoms with Gasteiger partial charge in [-0.05, 0) is 59.2 Å². The molecule has 0 aromatic heterocycles. The van der Waals surface area contributed by atoms with E-state index in [9.17, 15) is 9.59 Å². The van der Waals surface area contributed by atoms with Crippen LogP contribution in [-0.4, -0.2) is 23.5 Å². The Bertz CT molecular complexity index is 581. The van der Waals surface area contributed by atoms with E-state index in [-0.39, 0.29) is 16.9 Å². The van der Waals surface area contributed by atoms with Crippen molar-refractivity contribution in [2.24, 2.45) is 0 Å². The Hall–Kier alpha value is -1.67. The fourth-order valence-electron chi connectivity index (χ4n) is 1.59. The number of hydrazine groups is 1. The summed E-state index contributed by atoms with van der Waals surface area (Å²) in [6.45, 7) is 4.52. The van der Waals surface area contributed by atoms with Gasteiger partial charge in [0.25, 0.3) is 5.91 Å². The van der Waals surface area contributed by atoms with Crippen molar-refractivity contribution in [1.82, 2.24) is 16.2 Å². The number of ether oxygens (including phenoxy) is 1. The summed E-state index contributed by atoms with van der Waals surface area (Å²) in [5.41, 5.74) is 5.32. The lowest BCUT2D eigenvalue weighted by atomic mass is 10.2. The van der Waals surface area contributed by atoms with Crippen LogP contribution in [0.3, 0.4) is 0 Å². The number of hydrogen-bond donors (Lipinski definition) is 3. The highest BCUT2D eigenvalue weighted by Gasteiger charge is 2.11. The van der Waals surface area contributed by atoms with Crippen LogP contribution in [0.1, 0.15) is 43.5 Å². The van der Waals surface area contributed by atoms with Crippen LogP contribution >= 0.6 is 28.1 Å². The molecule has 0 spiro atoms. The number of benzene rings is 1. The molecule has 0 fully saturated rings. The molecule has 1 rings (SSSR count). The van der Waals surface area contributed by atoms with E-state index in [4.69, 9.17) is 17.0 Å². The van der Waals surface area contributed by atoms with Gasteiger partial charge >= 0.3 is 0 Å². The van der Waals surface area contributed by atoms with Gasteiger partial charge in [-0.25, -0.2) is 0 Å². The maximum atomic E-state index is 12.1. The third-order valence-electron chi connectivity index (χ3n) is 2.68. The van der Waals surface area contributed by atoms with E-state index in [1.165, 1.54) is 0 Å². The zero-order chi connectivity index (χ0) is 17.2. The minimum Gasteiger partial charge on any atom is -0.492 e. The van der Waals surface area contributed by atoms with Crippen LogP contribution in [-0.2, 0) is 4.79 Å². The van der Waals surface area contributed by atoms with Gasteiger partial charge in [-0.15, -0.1) is 0 Å². The molecule has 8 heteroatoms. The number of amides is 2. The molecule has 6 nitrogen and oxygen atoms in total. The summed E-state index contributed by atoms with van der Waals surface area (Å²) in [6, 6.07) is 5.01. The molecule has 1 aromatic carbocycles. The minimum absolute atomic E-state index is 0.0295. The summed E-state index contributed by atoms with van der Waals surface area (Å²) < 4.78 is 6.21. The summed E-state index contributed by atoms with van der Waals surface area (Å²) in [7, 11) is 0. The van der Waals surface area contributed by atoms with Gasteiger partial charge in [-0.1, -0.05) is 13.8 Å². The number of carbonyl (C=O) groups is 2. The van der Waals surface area contributed by atoms with E-state index in [0.29, 0.717) is 28.8 Å². The van der Waals surface area contributed by atoms with Crippen molar-refractivity contribution in [2.75, 3.05) is 6.61 Å². The Balaban J connectivity index is 2.55. The third kappa shape index (κ3) is 6.96. The fraction of sp³-hybridized carbons (Fsp3) is 0.400. The smallest absolute Gasteiger partial charge is 0.257 e. The molecule has 126 valence electrons. The second kappa shape index (κ2) is 10.2. The molecule has 0 aliphatic rings. The van der Waals surface area contributed by atoms with Gasteiger partial charge in [0, 0.05) is 12.0 Å². The first kappa shape index (κ1) is 19.4. The van der Waals surface area contributed by atoms with Crippen molar-refractivity contribution >= 4 is 45.1 Å². The molecule has 0 atom stereocenters. The SMILES string of the molecule is CCCOc1ccc(C(=O)NC(=S)NNC(=O)CCC)cc1Br. The molecular weight excluding hydrogens is 382 g/mol. The van der Waals surface area contributed by atoms with Gasteiger partial charge < -0.3 is 4.74 Å². The highest BCUT2D eigenvalue weighted by atomic mass is 79.9. The Labute approximate surface area is 149 Å². The first-order valence-electron chi connectivity index (χ1n) is 7.30.